The third-order valence-corrected chi connectivity index (χ3v) is 13.5. The molecule has 4 N–H and O–H groups in total. The maximum Gasteiger partial charge on any atom is 0.293 e. The minimum Gasteiger partial charge on any atom is -0.478 e. The number of anilines is 3. The molecule has 1 atom stereocenters. The normalized spacial score (nSPS) is 22.4. The summed E-state index contributed by atoms with van der Waals surface area (Å²) in [6, 6.07) is 10.1. The first-order valence-electron chi connectivity index (χ1n) is 21.8. The molecule has 4 amide bonds. The molecule has 4 aliphatic heterocycles. The molecular weight excluding hydrogens is 833 g/mol. The molecule has 0 spiro atoms. The van der Waals surface area contributed by atoms with Crippen LogP contribution in [0.3, 0.4) is 0 Å². The van der Waals surface area contributed by atoms with Crippen molar-refractivity contribution in [2.24, 2.45) is 5.73 Å². The summed E-state index contributed by atoms with van der Waals surface area (Å²) in [4.78, 5) is 77.1. The second-order valence-corrected chi connectivity index (χ2v) is 18.0. The third kappa shape index (κ3) is 8.57. The van der Waals surface area contributed by atoms with Crippen LogP contribution in [-0.4, -0.2) is 105 Å². The first-order chi connectivity index (χ1) is 30.3. The number of nitrogens with two attached hydrogens (primary N) is 1. The Morgan fingerprint density at radius 1 is 1.00 bits per heavy atom. The lowest BCUT2D eigenvalue weighted by atomic mass is 9.83. The number of hydrogen-bond donors (Lipinski definition) is 3. The van der Waals surface area contributed by atoms with Crippen molar-refractivity contribution in [3.05, 3.63) is 80.5 Å². The molecule has 1 aliphatic carbocycles. The van der Waals surface area contributed by atoms with Gasteiger partial charge in [-0.3, -0.25) is 29.3 Å². The second-order valence-electron chi connectivity index (χ2n) is 17.6. The van der Waals surface area contributed by atoms with E-state index in [9.17, 15) is 24.0 Å². The molecule has 5 aliphatic rings. The average Bonchev–Trinajstić information content (AvgIpc) is 3.58. The van der Waals surface area contributed by atoms with E-state index in [-0.39, 0.29) is 72.5 Å². The molecule has 18 heteroatoms. The first-order valence-corrected chi connectivity index (χ1v) is 22.2. The summed E-state index contributed by atoms with van der Waals surface area (Å²) < 4.78 is 29.6. The van der Waals surface area contributed by atoms with Gasteiger partial charge in [-0.15, -0.1) is 0 Å². The number of fused-ring (bicyclic) bond motifs is 2. The highest BCUT2D eigenvalue weighted by atomic mass is 35.5. The number of piperidine rings is 3. The van der Waals surface area contributed by atoms with Crippen LogP contribution in [0.5, 0.6) is 5.75 Å². The predicted octanol–water partition coefficient (Wildman–Crippen LogP) is 4.93. The second kappa shape index (κ2) is 17.5. The van der Waals surface area contributed by atoms with Gasteiger partial charge in [-0.1, -0.05) is 17.7 Å². The van der Waals surface area contributed by atoms with Crippen LogP contribution >= 0.6 is 11.6 Å². The Morgan fingerprint density at radius 3 is 2.48 bits per heavy atom. The van der Waals surface area contributed by atoms with Crippen LogP contribution in [0.2, 0.25) is 5.02 Å². The Kier molecular flexibility index (Phi) is 11.8. The minimum atomic E-state index is -0.770. The van der Waals surface area contributed by atoms with Crippen molar-refractivity contribution in [1.82, 2.24) is 29.7 Å². The molecule has 4 fully saturated rings. The van der Waals surface area contributed by atoms with Gasteiger partial charge in [-0.05, 0) is 114 Å². The largest absolute Gasteiger partial charge is 0.478 e. The number of nitrogens with zero attached hydrogens (tertiary/aromatic N) is 6. The molecule has 0 bridgehead atoms. The monoisotopic (exact) mass is 883 g/mol. The van der Waals surface area contributed by atoms with Gasteiger partial charge in [-0.25, -0.2) is 9.37 Å². The Labute approximate surface area is 368 Å². The van der Waals surface area contributed by atoms with Gasteiger partial charge < -0.3 is 39.8 Å². The highest BCUT2D eigenvalue weighted by molar-refractivity contribution is 6.33. The van der Waals surface area contributed by atoms with Crippen LogP contribution in [0.25, 0.3) is 10.9 Å². The number of primary amides is 1. The number of aromatic nitrogens is 3. The summed E-state index contributed by atoms with van der Waals surface area (Å²) in [7, 11) is 0. The van der Waals surface area contributed by atoms with E-state index in [4.69, 9.17) is 31.8 Å². The highest BCUT2D eigenvalue weighted by Crippen LogP contribution is 2.39. The zero-order valence-electron chi connectivity index (χ0n) is 35.3. The number of carbonyl (C=O) groups excluding carboxylic acids is 4. The maximum atomic E-state index is 16.0. The van der Waals surface area contributed by atoms with Gasteiger partial charge in [-0.2, -0.15) is 4.98 Å². The van der Waals surface area contributed by atoms with E-state index in [0.717, 1.165) is 70.1 Å². The predicted molar refractivity (Wildman–Crippen MR) is 233 cm³/mol. The number of hydrogen-bond acceptors (Lipinski definition) is 12. The Bertz CT molecular complexity index is 2530. The van der Waals surface area contributed by atoms with Crippen molar-refractivity contribution >= 4 is 63.6 Å². The summed E-state index contributed by atoms with van der Waals surface area (Å²) in [6.07, 6.45) is 7.60. The van der Waals surface area contributed by atoms with Crippen molar-refractivity contribution in [2.45, 2.75) is 108 Å². The van der Waals surface area contributed by atoms with Crippen molar-refractivity contribution in [1.29, 1.82) is 0 Å². The molecular formula is C45H51ClFN9O7. The highest BCUT2D eigenvalue weighted by Gasteiger charge is 2.42. The van der Waals surface area contributed by atoms with E-state index in [1.165, 1.54) is 4.90 Å². The molecule has 63 heavy (non-hydrogen) atoms. The van der Waals surface area contributed by atoms with Crippen LogP contribution in [0.1, 0.15) is 98.7 Å². The van der Waals surface area contributed by atoms with E-state index < -0.39 is 24.5 Å². The Morgan fingerprint density at radius 2 is 1.76 bits per heavy atom. The van der Waals surface area contributed by atoms with Crippen LogP contribution < -0.4 is 31.6 Å². The van der Waals surface area contributed by atoms with Crippen LogP contribution in [0, 0.1) is 5.82 Å². The van der Waals surface area contributed by atoms with E-state index in [2.05, 4.69) is 25.4 Å². The molecule has 4 aromatic rings. The lowest BCUT2D eigenvalue weighted by molar-refractivity contribution is -0.137. The fourth-order valence-corrected chi connectivity index (χ4v) is 9.96. The van der Waals surface area contributed by atoms with Crippen molar-refractivity contribution < 1.29 is 33.0 Å². The number of halogens is 2. The van der Waals surface area contributed by atoms with Gasteiger partial charge in [0.25, 0.3) is 17.4 Å². The Balaban J connectivity index is 0.746. The lowest BCUT2D eigenvalue weighted by Crippen LogP contribution is -2.52. The number of pyridine rings is 1. The molecule has 2 aromatic carbocycles. The number of carbonyl (C=O) groups is 4. The van der Waals surface area contributed by atoms with Gasteiger partial charge >= 0.3 is 0 Å². The molecule has 1 unspecified atom stereocenters. The molecule has 3 saturated heterocycles. The maximum absolute atomic E-state index is 16.0. The number of benzene rings is 2. The smallest absolute Gasteiger partial charge is 0.293 e. The van der Waals surface area contributed by atoms with Gasteiger partial charge in [0.05, 0.1) is 30.5 Å². The fraction of sp³-hybridized carbons (Fsp3) is 0.489. The zero-order chi connectivity index (χ0) is 44.1. The van der Waals surface area contributed by atoms with Gasteiger partial charge in [0.1, 0.15) is 16.9 Å². The van der Waals surface area contributed by atoms with E-state index >= 15 is 4.39 Å². The molecule has 0 radical (unpaired) electrons. The average molecular weight is 884 g/mol. The van der Waals surface area contributed by atoms with Crippen molar-refractivity contribution in [3.63, 3.8) is 0 Å². The molecule has 1 saturated carbocycles. The molecule has 9 rings (SSSR count). The van der Waals surface area contributed by atoms with Gasteiger partial charge in [0, 0.05) is 53.8 Å². The fourth-order valence-electron chi connectivity index (χ4n) is 9.82. The number of imide groups is 1. The van der Waals surface area contributed by atoms with Gasteiger partial charge in [0.2, 0.25) is 17.8 Å². The van der Waals surface area contributed by atoms with E-state index in [1.54, 1.807) is 29.0 Å². The van der Waals surface area contributed by atoms with Crippen LogP contribution in [-0.2, 0) is 25.7 Å². The van der Waals surface area contributed by atoms with E-state index in [0.29, 0.717) is 50.7 Å². The molecule has 2 aromatic heterocycles. The number of likely N-dealkylation sites (tertiary alicyclic amines) is 1. The third-order valence-electron chi connectivity index (χ3n) is 13.2. The summed E-state index contributed by atoms with van der Waals surface area (Å²) >= 11 is 6.57. The Hall–Kier alpha value is -5.65. The molecule has 6 heterocycles. The topological polar surface area (TPSA) is 194 Å². The van der Waals surface area contributed by atoms with Gasteiger partial charge in [0.15, 0.2) is 18.2 Å². The summed E-state index contributed by atoms with van der Waals surface area (Å²) in [5, 5.41) is 6.68. The summed E-state index contributed by atoms with van der Waals surface area (Å²) in [5.41, 5.74) is 7.60. The van der Waals surface area contributed by atoms with Crippen LogP contribution in [0.4, 0.5) is 21.8 Å². The minimum absolute atomic E-state index is 0.0344. The van der Waals surface area contributed by atoms with Crippen molar-refractivity contribution in [2.75, 3.05) is 43.0 Å². The zero-order valence-corrected chi connectivity index (χ0v) is 36.0. The number of nitrogens with one attached hydrogen (secondary N) is 2. The van der Waals surface area contributed by atoms with E-state index in [1.807, 2.05) is 32.0 Å². The number of ether oxygens (including phenoxy) is 2. The molecule has 332 valence electrons. The SMILES string of the molecule is CC(C)n1c(=O)c(OCC(N)=O)cc2cc(Nc3nc(N4CCC(O[C@H]5C[C@H](N6CCC(c7ccc8c(c7F)CN(C7CCC(=O)NC7=O)C8=O)CC6)C5)CC4)ncc3Cl)ccc21. The molecule has 16 nitrogen and oxygen atoms in total. The quantitative estimate of drug-likeness (QED) is 0.163. The summed E-state index contributed by atoms with van der Waals surface area (Å²) in [6.45, 7) is 6.62. The number of amides is 4. The van der Waals surface area contributed by atoms with Crippen LogP contribution in [0.15, 0.2) is 47.4 Å². The standard InChI is InChI=1S/C45H51ClFN9O7/c1-24(2)56-35-6-3-27(17-26(35)18-37(44(56)61)62-23-38(48)57)50-41-34(46)21-49-45(52-41)54-15-11-29(12-16-54)63-30-19-28(20-30)53-13-9-25(10-14-53)31-4-5-32-33(40(31)47)22-55(43(32)60)36-7-8-39(58)51-42(36)59/h3-6,17-18,21,24-25,28-30,36H,7-16,19-20,22-23H2,1-2H3,(H2,48,57)(H,49,50,52)(H,51,58,59)/t28-,30-,36?. The summed E-state index contributed by atoms with van der Waals surface area (Å²) in [5.74, 6) is -1.14. The first kappa shape index (κ1) is 42.6. The number of rotatable bonds is 12. The lowest BCUT2D eigenvalue weighted by Gasteiger charge is -2.47. The van der Waals surface area contributed by atoms with Crippen molar-refractivity contribution in [3.8, 4) is 5.75 Å².